The lowest BCUT2D eigenvalue weighted by Gasteiger charge is -1.96. The average Bonchev–Trinajstić information content (AvgIpc) is 2.63. The van der Waals surface area contributed by atoms with Crippen LogP contribution in [-0.4, -0.2) is 27.9 Å². The van der Waals surface area contributed by atoms with Crippen LogP contribution in [0.1, 0.15) is 31.5 Å². The molecule has 0 radical (unpaired) electrons. The minimum atomic E-state index is -0.878. The molecule has 1 aromatic rings. The van der Waals surface area contributed by atoms with E-state index in [9.17, 15) is 4.79 Å². The molecule has 0 spiro atoms. The lowest BCUT2D eigenvalue weighted by atomic mass is 10.3. The first-order valence-electron chi connectivity index (χ1n) is 4.83. The van der Waals surface area contributed by atoms with E-state index in [-0.39, 0.29) is 19.4 Å². The molecule has 0 saturated heterocycles. The smallest absolute Gasteiger partial charge is 0.303 e. The third kappa shape index (κ3) is 4.55. The second-order valence-electron chi connectivity index (χ2n) is 3.04. The number of ether oxygens (including phenoxy) is 1. The first-order chi connectivity index (χ1) is 7.22. The lowest BCUT2D eigenvalue weighted by molar-refractivity contribution is -0.137. The van der Waals surface area contributed by atoms with Crippen LogP contribution in [0.15, 0.2) is 4.42 Å². The first kappa shape index (κ1) is 11.6. The van der Waals surface area contributed by atoms with Gasteiger partial charge in [-0.1, -0.05) is 6.92 Å². The second kappa shape index (κ2) is 6.13. The van der Waals surface area contributed by atoms with Crippen molar-refractivity contribution in [3.63, 3.8) is 0 Å². The molecule has 0 aromatic carbocycles. The number of aryl methyl sites for hydroxylation is 1. The van der Waals surface area contributed by atoms with Gasteiger partial charge in [-0.2, -0.15) is 0 Å². The highest BCUT2D eigenvalue weighted by Crippen LogP contribution is 2.04. The molecule has 15 heavy (non-hydrogen) atoms. The van der Waals surface area contributed by atoms with Crippen molar-refractivity contribution in [2.24, 2.45) is 0 Å². The molecular formula is C9H14N2O4. The number of carbonyl (C=O) groups is 1. The first-order valence-corrected chi connectivity index (χ1v) is 4.83. The molecular weight excluding hydrogens is 200 g/mol. The molecule has 1 rings (SSSR count). The summed E-state index contributed by atoms with van der Waals surface area (Å²) in [4.78, 5) is 10.3. The Hall–Kier alpha value is -1.43. The zero-order valence-electron chi connectivity index (χ0n) is 8.60. The number of aromatic nitrogens is 2. The predicted octanol–water partition coefficient (Wildman–Crippen LogP) is 1.01. The van der Waals surface area contributed by atoms with Gasteiger partial charge in [0.05, 0.1) is 6.42 Å². The van der Waals surface area contributed by atoms with E-state index >= 15 is 0 Å². The largest absolute Gasteiger partial charge is 0.481 e. The van der Waals surface area contributed by atoms with Crippen molar-refractivity contribution in [2.45, 2.75) is 32.8 Å². The maximum Gasteiger partial charge on any atom is 0.303 e. The number of aliphatic carboxylic acids is 1. The van der Waals surface area contributed by atoms with Crippen LogP contribution in [-0.2, 0) is 22.6 Å². The zero-order valence-corrected chi connectivity index (χ0v) is 8.60. The van der Waals surface area contributed by atoms with Crippen LogP contribution in [0.3, 0.4) is 0 Å². The third-order valence-electron chi connectivity index (χ3n) is 1.64. The molecule has 6 nitrogen and oxygen atoms in total. The molecule has 0 atom stereocenters. The fourth-order valence-corrected chi connectivity index (χ4v) is 0.965. The summed E-state index contributed by atoms with van der Waals surface area (Å²) >= 11 is 0. The van der Waals surface area contributed by atoms with Crippen LogP contribution in [0, 0.1) is 0 Å². The second-order valence-corrected chi connectivity index (χ2v) is 3.04. The molecule has 84 valence electrons. The Balaban J connectivity index is 2.32. The molecule has 1 aromatic heterocycles. The van der Waals surface area contributed by atoms with Crippen LogP contribution >= 0.6 is 0 Å². The van der Waals surface area contributed by atoms with Gasteiger partial charge in [0, 0.05) is 13.0 Å². The van der Waals surface area contributed by atoms with Crippen LogP contribution < -0.4 is 0 Å². The summed E-state index contributed by atoms with van der Waals surface area (Å²) in [6.45, 7) is 2.94. The number of nitrogens with zero attached hydrogens (tertiary/aromatic N) is 2. The highest BCUT2D eigenvalue weighted by atomic mass is 16.5. The van der Waals surface area contributed by atoms with Crippen molar-refractivity contribution >= 4 is 5.97 Å². The maximum absolute atomic E-state index is 10.3. The molecule has 0 aliphatic heterocycles. The molecule has 0 saturated carbocycles. The van der Waals surface area contributed by atoms with Crippen molar-refractivity contribution in [1.82, 2.24) is 10.2 Å². The van der Waals surface area contributed by atoms with Gasteiger partial charge in [0.2, 0.25) is 11.8 Å². The fourth-order valence-electron chi connectivity index (χ4n) is 0.965. The minimum Gasteiger partial charge on any atom is -0.481 e. The fraction of sp³-hybridized carbons (Fsp3) is 0.667. The molecule has 0 bridgehead atoms. The Kier molecular flexibility index (Phi) is 4.76. The maximum atomic E-state index is 10.3. The molecule has 6 heteroatoms. The number of hydrogen-bond acceptors (Lipinski definition) is 5. The van der Waals surface area contributed by atoms with Crippen molar-refractivity contribution < 1.29 is 19.1 Å². The lowest BCUT2D eigenvalue weighted by Crippen LogP contribution is -1.97. The van der Waals surface area contributed by atoms with Gasteiger partial charge in [-0.3, -0.25) is 4.79 Å². The van der Waals surface area contributed by atoms with Crippen molar-refractivity contribution in [3.05, 3.63) is 11.8 Å². The van der Waals surface area contributed by atoms with Crippen molar-refractivity contribution in [3.8, 4) is 0 Å². The molecule has 0 aliphatic rings. The van der Waals surface area contributed by atoms with Gasteiger partial charge in [0.25, 0.3) is 0 Å². The Morgan fingerprint density at radius 2 is 2.20 bits per heavy atom. The van der Waals surface area contributed by atoms with Crippen LogP contribution in [0.2, 0.25) is 0 Å². The third-order valence-corrected chi connectivity index (χ3v) is 1.64. The molecule has 1 N–H and O–H groups in total. The van der Waals surface area contributed by atoms with E-state index in [0.717, 1.165) is 6.42 Å². The average molecular weight is 214 g/mol. The van der Waals surface area contributed by atoms with Crippen molar-refractivity contribution in [1.29, 1.82) is 0 Å². The van der Waals surface area contributed by atoms with E-state index in [4.69, 9.17) is 14.3 Å². The van der Waals surface area contributed by atoms with E-state index in [1.165, 1.54) is 0 Å². The van der Waals surface area contributed by atoms with Crippen LogP contribution in [0.4, 0.5) is 0 Å². The molecule has 0 aliphatic carbocycles. The van der Waals surface area contributed by atoms with Crippen LogP contribution in [0.25, 0.3) is 0 Å². The highest BCUT2D eigenvalue weighted by Gasteiger charge is 2.07. The summed E-state index contributed by atoms with van der Waals surface area (Å²) in [5.74, 6) is -0.145. The summed E-state index contributed by atoms with van der Waals surface area (Å²) in [5.41, 5.74) is 0. The number of rotatable bonds is 7. The van der Waals surface area contributed by atoms with Gasteiger partial charge in [-0.15, -0.1) is 10.2 Å². The summed E-state index contributed by atoms with van der Waals surface area (Å²) in [6.07, 6.45) is 1.19. The summed E-state index contributed by atoms with van der Waals surface area (Å²) < 4.78 is 10.4. The van der Waals surface area contributed by atoms with E-state index in [1.807, 2.05) is 6.92 Å². The zero-order chi connectivity index (χ0) is 11.1. The Morgan fingerprint density at radius 1 is 1.47 bits per heavy atom. The molecule has 1 heterocycles. The summed E-state index contributed by atoms with van der Waals surface area (Å²) in [5, 5.41) is 15.9. The van der Waals surface area contributed by atoms with E-state index < -0.39 is 5.97 Å². The van der Waals surface area contributed by atoms with Gasteiger partial charge in [-0.25, -0.2) is 0 Å². The number of carboxylic acid groups (broad SMARTS) is 1. The van der Waals surface area contributed by atoms with Gasteiger partial charge < -0.3 is 14.3 Å². The van der Waals surface area contributed by atoms with E-state index in [1.54, 1.807) is 0 Å². The standard InChI is InChI=1S/C9H14N2O4/c1-2-5-14-6-8-11-10-7(15-8)3-4-9(12)13/h2-6H2,1H3,(H,12,13). The van der Waals surface area contributed by atoms with Crippen molar-refractivity contribution in [2.75, 3.05) is 6.61 Å². The molecule has 0 fully saturated rings. The molecule has 0 amide bonds. The Bertz CT molecular complexity index is 311. The highest BCUT2D eigenvalue weighted by molar-refractivity contribution is 5.66. The molecule has 0 unspecified atom stereocenters. The van der Waals surface area contributed by atoms with E-state index in [2.05, 4.69) is 10.2 Å². The van der Waals surface area contributed by atoms with Gasteiger partial charge in [0.15, 0.2) is 0 Å². The SMILES string of the molecule is CCCOCc1nnc(CCC(=O)O)o1. The van der Waals surface area contributed by atoms with E-state index in [0.29, 0.717) is 18.4 Å². The summed E-state index contributed by atoms with van der Waals surface area (Å²) in [6, 6.07) is 0. The topological polar surface area (TPSA) is 85.5 Å². The minimum absolute atomic E-state index is 0.00253. The monoisotopic (exact) mass is 214 g/mol. The quantitative estimate of drug-likeness (QED) is 0.682. The predicted molar refractivity (Wildman–Crippen MR) is 50.2 cm³/mol. The van der Waals surface area contributed by atoms with Gasteiger partial charge >= 0.3 is 5.97 Å². The van der Waals surface area contributed by atoms with Crippen LogP contribution in [0.5, 0.6) is 0 Å². The Morgan fingerprint density at radius 3 is 2.87 bits per heavy atom. The number of carboxylic acids is 1. The number of hydrogen-bond donors (Lipinski definition) is 1. The van der Waals surface area contributed by atoms with Gasteiger partial charge in [-0.05, 0) is 6.42 Å². The Labute approximate surface area is 87.3 Å². The van der Waals surface area contributed by atoms with Gasteiger partial charge in [0.1, 0.15) is 6.61 Å². The normalized spacial score (nSPS) is 10.5. The summed E-state index contributed by atoms with van der Waals surface area (Å²) in [7, 11) is 0.